The fourth-order valence-corrected chi connectivity index (χ4v) is 2.82. The van der Waals surface area contributed by atoms with E-state index in [9.17, 15) is 9.90 Å². The molecule has 21 heavy (non-hydrogen) atoms. The van der Waals surface area contributed by atoms with Crippen molar-refractivity contribution in [2.24, 2.45) is 0 Å². The van der Waals surface area contributed by atoms with E-state index in [1.165, 1.54) is 7.11 Å². The molecule has 2 unspecified atom stereocenters. The third-order valence-electron chi connectivity index (χ3n) is 3.99. The van der Waals surface area contributed by atoms with Gasteiger partial charge >= 0.3 is 5.97 Å². The number of aromatic nitrogens is 2. The fraction of sp³-hybridized carbons (Fsp3) is 0.643. The van der Waals surface area contributed by atoms with Gasteiger partial charge in [0.1, 0.15) is 16.7 Å². The molecule has 2 aliphatic rings. The summed E-state index contributed by atoms with van der Waals surface area (Å²) in [6.07, 6.45) is 4.21. The Labute approximate surface area is 127 Å². The number of halogens is 1. The number of methoxy groups -OCH3 is 1. The summed E-state index contributed by atoms with van der Waals surface area (Å²) in [6, 6.07) is -0.0880. The predicted octanol–water partition coefficient (Wildman–Crippen LogP) is 2.12. The second-order valence-electron chi connectivity index (χ2n) is 5.61. The van der Waals surface area contributed by atoms with E-state index in [-0.39, 0.29) is 16.8 Å². The summed E-state index contributed by atoms with van der Waals surface area (Å²) in [6.45, 7) is 0. The number of anilines is 1. The number of rotatable bonds is 4. The van der Waals surface area contributed by atoms with Crippen molar-refractivity contribution in [3.05, 3.63) is 16.5 Å². The quantitative estimate of drug-likeness (QED) is 0.829. The number of carbonyl (C=O) groups is 1. The van der Waals surface area contributed by atoms with Gasteiger partial charge in [-0.25, -0.2) is 14.8 Å². The number of carbonyl (C=O) groups excluding carboxylic acids is 1. The van der Waals surface area contributed by atoms with Gasteiger partial charge in [0, 0.05) is 5.92 Å². The Balaban J connectivity index is 1.93. The lowest BCUT2D eigenvalue weighted by atomic mass is 10.2. The molecule has 0 saturated heterocycles. The lowest BCUT2D eigenvalue weighted by Gasteiger charge is -2.19. The van der Waals surface area contributed by atoms with Crippen molar-refractivity contribution in [3.8, 4) is 0 Å². The summed E-state index contributed by atoms with van der Waals surface area (Å²) in [4.78, 5) is 20.5. The van der Waals surface area contributed by atoms with Gasteiger partial charge in [0.2, 0.25) is 0 Å². The smallest absolute Gasteiger partial charge is 0.358 e. The van der Waals surface area contributed by atoms with Crippen LogP contribution in [0.5, 0.6) is 0 Å². The maximum absolute atomic E-state index is 11.8. The molecule has 2 atom stereocenters. The summed E-state index contributed by atoms with van der Waals surface area (Å²) in [5.41, 5.74) is 0.0889. The van der Waals surface area contributed by atoms with E-state index in [4.69, 9.17) is 16.3 Å². The minimum absolute atomic E-state index is 0.0880. The van der Waals surface area contributed by atoms with Gasteiger partial charge in [-0.3, -0.25) is 0 Å². The molecule has 7 heteroatoms. The molecule has 114 valence electrons. The normalized spacial score (nSPS) is 24.9. The van der Waals surface area contributed by atoms with Crippen LogP contribution in [0.25, 0.3) is 0 Å². The van der Waals surface area contributed by atoms with Gasteiger partial charge in [0.15, 0.2) is 5.69 Å². The zero-order valence-electron chi connectivity index (χ0n) is 11.8. The number of nitrogens with zero attached hydrogens (tertiary/aromatic N) is 2. The minimum Gasteiger partial charge on any atom is -0.464 e. The predicted molar refractivity (Wildman–Crippen MR) is 77.6 cm³/mol. The monoisotopic (exact) mass is 311 g/mol. The topological polar surface area (TPSA) is 84.3 Å². The Morgan fingerprint density at radius 1 is 1.33 bits per heavy atom. The Morgan fingerprint density at radius 2 is 2.10 bits per heavy atom. The molecule has 2 aliphatic carbocycles. The van der Waals surface area contributed by atoms with E-state index in [0.29, 0.717) is 17.6 Å². The molecule has 0 radical (unpaired) electrons. The number of ether oxygens (including phenoxy) is 1. The summed E-state index contributed by atoms with van der Waals surface area (Å²) < 4.78 is 4.73. The Hall–Kier alpha value is -1.40. The van der Waals surface area contributed by atoms with Crippen molar-refractivity contribution in [2.75, 3.05) is 12.4 Å². The van der Waals surface area contributed by atoms with E-state index in [1.54, 1.807) is 0 Å². The van der Waals surface area contributed by atoms with Crippen LogP contribution in [-0.4, -0.2) is 40.3 Å². The average molecular weight is 312 g/mol. The SMILES string of the molecule is COC(=O)c1nc(C2CC2)nc(NC2CCCC2O)c1Cl. The van der Waals surface area contributed by atoms with Crippen LogP contribution >= 0.6 is 11.6 Å². The number of nitrogens with one attached hydrogen (secondary N) is 1. The fourth-order valence-electron chi connectivity index (χ4n) is 2.60. The number of hydrogen-bond donors (Lipinski definition) is 2. The van der Waals surface area contributed by atoms with Gasteiger partial charge in [-0.2, -0.15) is 0 Å². The standard InChI is InChI=1S/C14H18ClN3O3/c1-21-14(20)11-10(15)13(16-8-3-2-4-9(8)19)18-12(17-11)7-5-6-7/h7-9,19H,2-6H2,1H3,(H,16,17,18). The molecule has 0 amide bonds. The van der Waals surface area contributed by atoms with Crippen LogP contribution in [0.3, 0.4) is 0 Å². The van der Waals surface area contributed by atoms with Crippen LogP contribution in [0, 0.1) is 0 Å². The third-order valence-corrected chi connectivity index (χ3v) is 4.35. The first-order valence-corrected chi connectivity index (χ1v) is 7.58. The van der Waals surface area contributed by atoms with Crippen LogP contribution in [0.1, 0.15) is 54.3 Å². The van der Waals surface area contributed by atoms with Crippen LogP contribution < -0.4 is 5.32 Å². The van der Waals surface area contributed by atoms with Crippen LogP contribution in [0.15, 0.2) is 0 Å². The third kappa shape index (κ3) is 2.96. The van der Waals surface area contributed by atoms with Crippen molar-refractivity contribution in [1.29, 1.82) is 0 Å². The zero-order valence-corrected chi connectivity index (χ0v) is 12.6. The highest BCUT2D eigenvalue weighted by molar-refractivity contribution is 6.35. The molecule has 2 N–H and O–H groups in total. The highest BCUT2D eigenvalue weighted by Gasteiger charge is 2.32. The van der Waals surface area contributed by atoms with Gasteiger partial charge in [0.25, 0.3) is 0 Å². The highest BCUT2D eigenvalue weighted by atomic mass is 35.5. The summed E-state index contributed by atoms with van der Waals surface area (Å²) >= 11 is 6.24. The van der Waals surface area contributed by atoms with E-state index in [1.807, 2.05) is 0 Å². The van der Waals surface area contributed by atoms with E-state index >= 15 is 0 Å². The number of esters is 1. The molecule has 2 saturated carbocycles. The zero-order chi connectivity index (χ0) is 15.0. The van der Waals surface area contributed by atoms with Gasteiger partial charge in [-0.1, -0.05) is 11.6 Å². The molecule has 1 heterocycles. The van der Waals surface area contributed by atoms with Gasteiger partial charge in [-0.05, 0) is 32.1 Å². The van der Waals surface area contributed by atoms with Crippen molar-refractivity contribution in [3.63, 3.8) is 0 Å². The molecule has 0 spiro atoms. The molecule has 2 fully saturated rings. The molecule has 1 aromatic heterocycles. The molecular weight excluding hydrogens is 294 g/mol. The largest absolute Gasteiger partial charge is 0.464 e. The molecule has 0 bridgehead atoms. The van der Waals surface area contributed by atoms with Crippen molar-refractivity contribution >= 4 is 23.4 Å². The molecule has 1 aromatic rings. The summed E-state index contributed by atoms with van der Waals surface area (Å²) in [7, 11) is 1.30. The first-order chi connectivity index (χ1) is 10.1. The highest BCUT2D eigenvalue weighted by Crippen LogP contribution is 2.40. The maximum atomic E-state index is 11.8. The Bertz CT molecular complexity index is 563. The first-order valence-electron chi connectivity index (χ1n) is 7.20. The van der Waals surface area contributed by atoms with Crippen LogP contribution in [0.2, 0.25) is 5.02 Å². The number of aliphatic hydroxyl groups is 1. The van der Waals surface area contributed by atoms with Crippen molar-refractivity contribution in [2.45, 2.75) is 50.2 Å². The molecule has 0 aliphatic heterocycles. The summed E-state index contributed by atoms with van der Waals surface area (Å²) in [5, 5.41) is 13.2. The summed E-state index contributed by atoms with van der Waals surface area (Å²) in [5.74, 6) is 0.758. The van der Waals surface area contributed by atoms with Crippen LogP contribution in [0.4, 0.5) is 5.82 Å². The first kappa shape index (κ1) is 14.5. The minimum atomic E-state index is -0.570. The lowest BCUT2D eigenvalue weighted by molar-refractivity contribution is 0.0593. The average Bonchev–Trinajstić information content (AvgIpc) is 3.25. The number of aliphatic hydroxyl groups excluding tert-OH is 1. The molecule has 6 nitrogen and oxygen atoms in total. The van der Waals surface area contributed by atoms with E-state index < -0.39 is 12.1 Å². The molecule has 0 aromatic carbocycles. The second kappa shape index (κ2) is 5.77. The van der Waals surface area contributed by atoms with Gasteiger partial charge < -0.3 is 15.2 Å². The van der Waals surface area contributed by atoms with Gasteiger partial charge in [0.05, 0.1) is 19.3 Å². The van der Waals surface area contributed by atoms with E-state index in [0.717, 1.165) is 32.1 Å². The van der Waals surface area contributed by atoms with E-state index in [2.05, 4.69) is 15.3 Å². The van der Waals surface area contributed by atoms with Gasteiger partial charge in [-0.15, -0.1) is 0 Å². The molecule has 3 rings (SSSR count). The maximum Gasteiger partial charge on any atom is 0.358 e. The number of hydrogen-bond acceptors (Lipinski definition) is 6. The Kier molecular flexibility index (Phi) is 3.99. The Morgan fingerprint density at radius 3 is 2.67 bits per heavy atom. The van der Waals surface area contributed by atoms with Crippen molar-refractivity contribution in [1.82, 2.24) is 9.97 Å². The lowest BCUT2D eigenvalue weighted by Crippen LogP contribution is -2.29. The van der Waals surface area contributed by atoms with Crippen LogP contribution in [-0.2, 0) is 4.74 Å². The molecular formula is C14H18ClN3O3. The van der Waals surface area contributed by atoms with Crippen molar-refractivity contribution < 1.29 is 14.6 Å². The second-order valence-corrected chi connectivity index (χ2v) is 5.99.